The minimum Gasteiger partial charge on any atom is -0.455 e. The smallest absolute Gasteiger partial charge is 0.387 e. The lowest BCUT2D eigenvalue weighted by molar-refractivity contribution is -0.146. The van der Waals surface area contributed by atoms with Crippen LogP contribution in [0.15, 0.2) is 60.0 Å². The van der Waals surface area contributed by atoms with Crippen molar-refractivity contribution in [1.82, 2.24) is 4.72 Å². The maximum Gasteiger partial charge on any atom is 0.387 e. The summed E-state index contributed by atoms with van der Waals surface area (Å²) in [5, 5.41) is 3.15. The Labute approximate surface area is 171 Å². The molecule has 2 aromatic rings. The van der Waals surface area contributed by atoms with Gasteiger partial charge >= 0.3 is 12.6 Å². The number of alkyl halides is 2. The number of benzene rings is 2. The number of carbonyl (C=O) groups excluding carboxylic acids is 2. The summed E-state index contributed by atoms with van der Waals surface area (Å²) in [6, 6.07) is 14.1. The summed E-state index contributed by atoms with van der Waals surface area (Å²) in [6.07, 6.45) is 1.35. The summed E-state index contributed by atoms with van der Waals surface area (Å²) in [6.45, 7) is -4.52. The molecule has 8 nitrogen and oxygen atoms in total. The van der Waals surface area contributed by atoms with Crippen LogP contribution in [0.25, 0.3) is 6.08 Å². The van der Waals surface area contributed by atoms with Gasteiger partial charge in [-0.1, -0.05) is 42.5 Å². The van der Waals surface area contributed by atoms with Gasteiger partial charge in [0.05, 0.1) is 5.69 Å². The van der Waals surface area contributed by atoms with E-state index in [0.717, 1.165) is 5.41 Å². The zero-order valence-corrected chi connectivity index (χ0v) is 16.3. The summed E-state index contributed by atoms with van der Waals surface area (Å²) in [5.41, 5.74) is 0.615. The minimum atomic E-state index is -3.90. The molecule has 0 bridgehead atoms. The predicted molar refractivity (Wildman–Crippen MR) is 105 cm³/mol. The molecule has 0 fully saturated rings. The molecule has 2 rings (SSSR count). The van der Waals surface area contributed by atoms with E-state index in [4.69, 9.17) is 0 Å². The van der Waals surface area contributed by atoms with Crippen molar-refractivity contribution in [2.75, 3.05) is 18.5 Å². The van der Waals surface area contributed by atoms with Gasteiger partial charge < -0.3 is 14.8 Å². The van der Waals surface area contributed by atoms with Gasteiger partial charge in [-0.25, -0.2) is 13.1 Å². The highest BCUT2D eigenvalue weighted by atomic mass is 32.2. The van der Waals surface area contributed by atoms with Crippen molar-refractivity contribution in [3.05, 3.63) is 65.6 Å². The largest absolute Gasteiger partial charge is 0.455 e. The van der Waals surface area contributed by atoms with Crippen molar-refractivity contribution in [2.24, 2.45) is 0 Å². The van der Waals surface area contributed by atoms with Crippen molar-refractivity contribution in [1.29, 1.82) is 0 Å². The molecule has 0 heterocycles. The maximum absolute atomic E-state index is 12.4. The Morgan fingerprint density at radius 1 is 1.03 bits per heavy atom. The van der Waals surface area contributed by atoms with E-state index >= 15 is 0 Å². The zero-order chi connectivity index (χ0) is 22.0. The van der Waals surface area contributed by atoms with Gasteiger partial charge in [0.25, 0.3) is 5.91 Å². The Balaban J connectivity index is 1.79. The third kappa shape index (κ3) is 8.37. The number of rotatable bonds is 10. The number of hydrogen-bond donors (Lipinski definition) is 2. The highest BCUT2D eigenvalue weighted by molar-refractivity contribution is 7.92. The molecule has 30 heavy (non-hydrogen) atoms. The van der Waals surface area contributed by atoms with Crippen LogP contribution in [0.5, 0.6) is 5.75 Å². The summed E-state index contributed by atoms with van der Waals surface area (Å²) >= 11 is 0. The first-order valence-electron chi connectivity index (χ1n) is 8.47. The molecule has 0 spiro atoms. The molecular formula is C19H18F2N2O6S. The molecule has 1 amide bonds. The van der Waals surface area contributed by atoms with Crippen LogP contribution in [0.3, 0.4) is 0 Å². The highest BCUT2D eigenvalue weighted by Crippen LogP contribution is 2.25. The molecule has 0 saturated carbocycles. The molecule has 2 aromatic carbocycles. The van der Waals surface area contributed by atoms with Crippen molar-refractivity contribution in [2.45, 2.75) is 6.61 Å². The lowest BCUT2D eigenvalue weighted by atomic mass is 10.2. The number of esters is 1. The van der Waals surface area contributed by atoms with Gasteiger partial charge in [0.1, 0.15) is 12.3 Å². The van der Waals surface area contributed by atoms with E-state index in [1.165, 1.54) is 30.3 Å². The van der Waals surface area contributed by atoms with Crippen LogP contribution in [-0.4, -0.2) is 40.1 Å². The Morgan fingerprint density at radius 3 is 2.40 bits per heavy atom. The number of hydrogen-bond acceptors (Lipinski definition) is 6. The molecule has 160 valence electrons. The molecule has 11 heteroatoms. The third-order valence-corrected chi connectivity index (χ3v) is 4.44. The summed E-state index contributed by atoms with van der Waals surface area (Å²) in [5.74, 6) is -2.08. The average molecular weight is 440 g/mol. The fourth-order valence-electron chi connectivity index (χ4n) is 2.09. The van der Waals surface area contributed by atoms with Crippen LogP contribution in [0.1, 0.15) is 5.56 Å². The van der Waals surface area contributed by atoms with Gasteiger partial charge in [-0.3, -0.25) is 9.59 Å². The molecule has 0 radical (unpaired) electrons. The molecule has 0 aliphatic heterocycles. The van der Waals surface area contributed by atoms with Crippen molar-refractivity contribution < 1.29 is 36.3 Å². The SMILES string of the molecule is O=C(COC(=O)CNS(=O)(=O)C=Cc1ccccc1)Nc1ccccc1OC(F)F. The van der Waals surface area contributed by atoms with E-state index < -0.39 is 41.7 Å². The second-order valence-corrected chi connectivity index (χ2v) is 7.31. The first kappa shape index (κ1) is 23.0. The van der Waals surface area contributed by atoms with Gasteiger partial charge in [0.15, 0.2) is 6.61 Å². The Morgan fingerprint density at radius 2 is 1.70 bits per heavy atom. The molecule has 0 atom stereocenters. The lowest BCUT2D eigenvalue weighted by Gasteiger charge is -2.11. The maximum atomic E-state index is 12.4. The van der Waals surface area contributed by atoms with Gasteiger partial charge in [-0.2, -0.15) is 8.78 Å². The monoisotopic (exact) mass is 440 g/mol. The van der Waals surface area contributed by atoms with E-state index in [0.29, 0.717) is 5.56 Å². The first-order valence-corrected chi connectivity index (χ1v) is 10.0. The molecule has 0 saturated heterocycles. The molecule has 0 unspecified atom stereocenters. The minimum absolute atomic E-state index is 0.0365. The van der Waals surface area contributed by atoms with Crippen LogP contribution in [-0.2, 0) is 24.3 Å². The van der Waals surface area contributed by atoms with Gasteiger partial charge in [0, 0.05) is 5.41 Å². The molecule has 2 N–H and O–H groups in total. The third-order valence-electron chi connectivity index (χ3n) is 3.40. The molecular weight excluding hydrogens is 422 g/mol. The van der Waals surface area contributed by atoms with Crippen molar-refractivity contribution in [3.63, 3.8) is 0 Å². The number of sulfonamides is 1. The highest BCUT2D eigenvalue weighted by Gasteiger charge is 2.14. The summed E-state index contributed by atoms with van der Waals surface area (Å²) in [4.78, 5) is 23.5. The number of para-hydroxylation sites is 2. The number of ether oxygens (including phenoxy) is 2. The van der Waals surface area contributed by atoms with Crippen molar-refractivity contribution in [3.8, 4) is 5.75 Å². The lowest BCUT2D eigenvalue weighted by Crippen LogP contribution is -2.31. The number of carbonyl (C=O) groups is 2. The molecule has 0 aromatic heterocycles. The van der Waals surface area contributed by atoms with E-state index in [-0.39, 0.29) is 11.4 Å². The quantitative estimate of drug-likeness (QED) is 0.549. The van der Waals surface area contributed by atoms with E-state index in [9.17, 15) is 26.8 Å². The Bertz CT molecular complexity index is 997. The predicted octanol–water partition coefficient (Wildman–Crippen LogP) is 2.36. The topological polar surface area (TPSA) is 111 Å². The van der Waals surface area contributed by atoms with Gasteiger partial charge in [0.2, 0.25) is 10.0 Å². The molecule has 0 aliphatic rings. The summed E-state index contributed by atoms with van der Waals surface area (Å²) < 4.78 is 59.4. The molecule has 0 aliphatic carbocycles. The van der Waals surface area contributed by atoms with Crippen LogP contribution in [0, 0.1) is 0 Å². The number of amides is 1. The van der Waals surface area contributed by atoms with Crippen LogP contribution < -0.4 is 14.8 Å². The Hall–Kier alpha value is -3.31. The number of anilines is 1. The van der Waals surface area contributed by atoms with E-state index in [1.54, 1.807) is 30.3 Å². The fraction of sp³-hybridized carbons (Fsp3) is 0.158. The number of nitrogens with one attached hydrogen (secondary N) is 2. The summed E-state index contributed by atoms with van der Waals surface area (Å²) in [7, 11) is -3.90. The zero-order valence-electron chi connectivity index (χ0n) is 15.5. The standard InChI is InChI=1S/C19H18F2N2O6S/c20-19(21)29-16-9-5-4-8-15(16)23-17(24)13-28-18(25)12-22-30(26,27)11-10-14-6-2-1-3-7-14/h1-11,19,22H,12-13H2,(H,23,24). The van der Waals surface area contributed by atoms with Gasteiger partial charge in [-0.05, 0) is 23.8 Å². The average Bonchev–Trinajstić information content (AvgIpc) is 2.71. The normalized spacial score (nSPS) is 11.4. The van der Waals surface area contributed by atoms with Crippen LogP contribution in [0.2, 0.25) is 0 Å². The first-order chi connectivity index (χ1) is 14.2. The van der Waals surface area contributed by atoms with E-state index in [1.807, 2.05) is 4.72 Å². The number of halogens is 2. The second kappa shape index (κ2) is 11.0. The van der Waals surface area contributed by atoms with Crippen LogP contribution >= 0.6 is 0 Å². The second-order valence-electron chi connectivity index (χ2n) is 5.66. The Kier molecular flexibility index (Phi) is 8.44. The fourth-order valence-corrected chi connectivity index (χ4v) is 2.84. The van der Waals surface area contributed by atoms with Crippen molar-refractivity contribution >= 4 is 33.7 Å². The van der Waals surface area contributed by atoms with E-state index in [2.05, 4.69) is 14.8 Å². The van der Waals surface area contributed by atoms with Crippen LogP contribution in [0.4, 0.5) is 14.5 Å². The van der Waals surface area contributed by atoms with Gasteiger partial charge in [-0.15, -0.1) is 0 Å².